The van der Waals surface area contributed by atoms with E-state index in [1.54, 1.807) is 11.0 Å². The van der Waals surface area contributed by atoms with E-state index in [0.29, 0.717) is 5.56 Å². The number of halogens is 1. The van der Waals surface area contributed by atoms with Crippen LogP contribution in [0.5, 0.6) is 0 Å². The summed E-state index contributed by atoms with van der Waals surface area (Å²) < 4.78 is 0.859. The topological polar surface area (TPSA) is 52.6 Å². The molecule has 5 heteroatoms. The highest BCUT2D eigenvalue weighted by Crippen LogP contribution is 2.43. The van der Waals surface area contributed by atoms with Crippen molar-refractivity contribution in [1.29, 1.82) is 0 Å². The van der Waals surface area contributed by atoms with Crippen molar-refractivity contribution in [2.75, 3.05) is 10.2 Å². The molecule has 0 aromatic heterocycles. The molecule has 2 aliphatic heterocycles. The smallest absolute Gasteiger partial charge is 0.262 e. The maximum Gasteiger partial charge on any atom is 0.262 e. The van der Waals surface area contributed by atoms with Crippen molar-refractivity contribution in [2.45, 2.75) is 12.3 Å². The summed E-state index contributed by atoms with van der Waals surface area (Å²) in [6.45, 7) is 0. The minimum Gasteiger partial charge on any atom is -0.384 e. The van der Waals surface area contributed by atoms with Crippen molar-refractivity contribution in [3.63, 3.8) is 0 Å². The summed E-state index contributed by atoms with van der Waals surface area (Å²) in [6, 6.07) is 13.0. The van der Waals surface area contributed by atoms with E-state index < -0.39 is 12.3 Å². The van der Waals surface area contributed by atoms with Crippen LogP contribution in [-0.2, 0) is 0 Å². The zero-order valence-electron chi connectivity index (χ0n) is 10.4. The Bertz CT molecular complexity index is 732. The number of aliphatic hydroxyl groups is 1. The summed E-state index contributed by atoms with van der Waals surface area (Å²) in [6.07, 6.45) is -1.15. The van der Waals surface area contributed by atoms with Crippen LogP contribution in [0.1, 0.15) is 22.0 Å². The number of rotatable bonds is 0. The second kappa shape index (κ2) is 4.07. The largest absolute Gasteiger partial charge is 0.384 e. The molecule has 0 bridgehead atoms. The molecule has 100 valence electrons. The van der Waals surface area contributed by atoms with Gasteiger partial charge >= 0.3 is 0 Å². The van der Waals surface area contributed by atoms with Gasteiger partial charge in [0, 0.05) is 15.7 Å². The van der Waals surface area contributed by atoms with Gasteiger partial charge in [-0.05, 0) is 24.3 Å². The third kappa shape index (κ3) is 1.47. The maximum atomic E-state index is 12.7. The van der Waals surface area contributed by atoms with Gasteiger partial charge in [-0.25, -0.2) is 0 Å². The number of aliphatic hydroxyl groups excluding tert-OH is 1. The van der Waals surface area contributed by atoms with Gasteiger partial charge in [-0.3, -0.25) is 9.69 Å². The highest BCUT2D eigenvalue weighted by molar-refractivity contribution is 9.10. The summed E-state index contributed by atoms with van der Waals surface area (Å²) in [4.78, 5) is 14.3. The predicted molar refractivity (Wildman–Crippen MR) is 79.8 cm³/mol. The molecule has 2 aromatic carbocycles. The molecule has 2 heterocycles. The molecule has 0 unspecified atom stereocenters. The molecule has 20 heavy (non-hydrogen) atoms. The Kier molecular flexibility index (Phi) is 2.43. The summed E-state index contributed by atoms with van der Waals surface area (Å²) in [7, 11) is 0. The molecular formula is C15H11BrN2O2. The van der Waals surface area contributed by atoms with Crippen molar-refractivity contribution < 1.29 is 9.90 Å². The van der Waals surface area contributed by atoms with Gasteiger partial charge in [-0.2, -0.15) is 0 Å². The standard InChI is InChI=1S/C15H11BrN2O2/c16-8-5-6-11-10(7-8)15(20)18-12-4-2-1-3-9(12)13(19)14(18)17-11/h1-7,13-14,17,19H/t13-,14-/m1/s1. The van der Waals surface area contributed by atoms with Gasteiger partial charge in [0.25, 0.3) is 5.91 Å². The number of carbonyl (C=O) groups excluding carboxylic acids is 1. The number of fused-ring (bicyclic) bond motifs is 4. The molecule has 0 saturated heterocycles. The quantitative estimate of drug-likeness (QED) is 0.780. The average molecular weight is 331 g/mol. The summed E-state index contributed by atoms with van der Waals surface area (Å²) in [5.74, 6) is -0.0888. The van der Waals surface area contributed by atoms with E-state index in [1.807, 2.05) is 36.4 Å². The normalized spacial score (nSPS) is 22.9. The summed E-state index contributed by atoms with van der Waals surface area (Å²) >= 11 is 3.39. The summed E-state index contributed by atoms with van der Waals surface area (Å²) in [5.41, 5.74) is 2.92. The second-order valence-electron chi connectivity index (χ2n) is 4.96. The molecule has 0 fully saturated rings. The van der Waals surface area contributed by atoms with Crippen molar-refractivity contribution in [3.05, 3.63) is 58.1 Å². The first-order chi connectivity index (χ1) is 9.66. The van der Waals surface area contributed by atoms with E-state index in [2.05, 4.69) is 21.2 Å². The van der Waals surface area contributed by atoms with E-state index >= 15 is 0 Å². The van der Waals surface area contributed by atoms with E-state index in [-0.39, 0.29) is 5.91 Å². The first-order valence-corrected chi connectivity index (χ1v) is 7.13. The SMILES string of the molecule is O=C1c2cc(Br)ccc2N[C@H]2[C@H](O)c3ccccc3N12. The number of hydrogen-bond acceptors (Lipinski definition) is 3. The molecule has 4 rings (SSSR count). The number of carbonyl (C=O) groups is 1. The zero-order chi connectivity index (χ0) is 13.9. The molecule has 0 spiro atoms. The number of nitrogens with one attached hydrogen (secondary N) is 1. The Morgan fingerprint density at radius 1 is 1.20 bits per heavy atom. The van der Waals surface area contributed by atoms with Gasteiger partial charge in [0.15, 0.2) is 0 Å². The van der Waals surface area contributed by atoms with Gasteiger partial charge in [0.1, 0.15) is 12.3 Å². The maximum absolute atomic E-state index is 12.7. The number of para-hydroxylation sites is 1. The van der Waals surface area contributed by atoms with Crippen LogP contribution < -0.4 is 10.2 Å². The van der Waals surface area contributed by atoms with Crippen LogP contribution in [0, 0.1) is 0 Å². The lowest BCUT2D eigenvalue weighted by molar-refractivity contribution is 0.0940. The molecular weight excluding hydrogens is 320 g/mol. The van der Waals surface area contributed by atoms with Crippen molar-refractivity contribution in [1.82, 2.24) is 0 Å². The molecule has 2 aliphatic rings. The fourth-order valence-electron chi connectivity index (χ4n) is 2.91. The molecule has 0 aliphatic carbocycles. The van der Waals surface area contributed by atoms with Gasteiger partial charge in [0.2, 0.25) is 0 Å². The van der Waals surface area contributed by atoms with Gasteiger partial charge < -0.3 is 10.4 Å². The number of anilines is 2. The number of nitrogens with zero attached hydrogens (tertiary/aromatic N) is 1. The third-order valence-electron chi connectivity index (χ3n) is 3.83. The van der Waals surface area contributed by atoms with E-state index in [9.17, 15) is 9.90 Å². The van der Waals surface area contributed by atoms with Crippen LogP contribution in [0.4, 0.5) is 11.4 Å². The fraction of sp³-hybridized carbons (Fsp3) is 0.133. The van der Waals surface area contributed by atoms with Gasteiger partial charge in [-0.1, -0.05) is 34.1 Å². The number of benzene rings is 2. The molecule has 0 saturated carbocycles. The highest BCUT2D eigenvalue weighted by atomic mass is 79.9. The number of amides is 1. The Morgan fingerprint density at radius 2 is 2.00 bits per heavy atom. The molecule has 2 N–H and O–H groups in total. The number of hydrogen-bond donors (Lipinski definition) is 2. The van der Waals surface area contributed by atoms with E-state index in [1.165, 1.54) is 0 Å². The lowest BCUT2D eigenvalue weighted by Crippen LogP contribution is -2.48. The lowest BCUT2D eigenvalue weighted by atomic mass is 10.1. The first-order valence-electron chi connectivity index (χ1n) is 6.33. The Labute approximate surface area is 124 Å². The first kappa shape index (κ1) is 11.9. The Balaban J connectivity index is 1.90. The molecule has 2 aromatic rings. The van der Waals surface area contributed by atoms with E-state index in [0.717, 1.165) is 21.4 Å². The summed E-state index contributed by atoms with van der Waals surface area (Å²) in [5, 5.41) is 13.7. The van der Waals surface area contributed by atoms with Gasteiger partial charge in [-0.15, -0.1) is 0 Å². The Hall–Kier alpha value is -1.85. The Morgan fingerprint density at radius 3 is 2.85 bits per heavy atom. The lowest BCUT2D eigenvalue weighted by Gasteiger charge is -2.34. The monoisotopic (exact) mass is 330 g/mol. The second-order valence-corrected chi connectivity index (χ2v) is 5.87. The van der Waals surface area contributed by atoms with Crippen LogP contribution >= 0.6 is 15.9 Å². The van der Waals surface area contributed by atoms with Crippen molar-refractivity contribution in [2.24, 2.45) is 0 Å². The van der Waals surface area contributed by atoms with Crippen molar-refractivity contribution >= 4 is 33.2 Å². The van der Waals surface area contributed by atoms with Crippen LogP contribution in [0.3, 0.4) is 0 Å². The van der Waals surface area contributed by atoms with Crippen molar-refractivity contribution in [3.8, 4) is 0 Å². The molecule has 0 radical (unpaired) electrons. The zero-order valence-corrected chi connectivity index (χ0v) is 12.0. The predicted octanol–water partition coefficient (Wildman–Crippen LogP) is 2.89. The van der Waals surface area contributed by atoms with Crippen LogP contribution in [0.25, 0.3) is 0 Å². The molecule has 1 amide bonds. The van der Waals surface area contributed by atoms with Crippen LogP contribution in [0.15, 0.2) is 46.9 Å². The minimum absolute atomic E-state index is 0.0888. The van der Waals surface area contributed by atoms with Gasteiger partial charge in [0.05, 0.1) is 11.3 Å². The average Bonchev–Trinajstić information content (AvgIpc) is 2.74. The van der Waals surface area contributed by atoms with E-state index in [4.69, 9.17) is 0 Å². The highest BCUT2D eigenvalue weighted by Gasteiger charge is 2.44. The van der Waals surface area contributed by atoms with Crippen LogP contribution in [-0.4, -0.2) is 17.2 Å². The molecule has 4 nitrogen and oxygen atoms in total. The minimum atomic E-state index is -0.716. The van der Waals surface area contributed by atoms with Crippen LogP contribution in [0.2, 0.25) is 0 Å². The third-order valence-corrected chi connectivity index (χ3v) is 4.32. The molecule has 2 atom stereocenters. The fourth-order valence-corrected chi connectivity index (χ4v) is 3.27.